The van der Waals surface area contributed by atoms with Gasteiger partial charge >= 0.3 is 5.69 Å². The first kappa shape index (κ1) is 11.6. The van der Waals surface area contributed by atoms with Crippen molar-refractivity contribution in [3.05, 3.63) is 26.9 Å². The Morgan fingerprint density at radius 1 is 1.33 bits per heavy atom. The molecule has 0 radical (unpaired) electrons. The van der Waals surface area contributed by atoms with Crippen LogP contribution in [0.4, 0.5) is 5.82 Å². The number of hydrogen-bond donors (Lipinski definition) is 2. The van der Waals surface area contributed by atoms with Gasteiger partial charge in [0.25, 0.3) is 5.56 Å². The number of rotatable bonds is 5. The summed E-state index contributed by atoms with van der Waals surface area (Å²) in [6, 6.07) is 1.24. The first-order valence-corrected chi connectivity index (χ1v) is 5.24. The van der Waals surface area contributed by atoms with Crippen molar-refractivity contribution < 1.29 is 0 Å². The van der Waals surface area contributed by atoms with Crippen LogP contribution in [0.25, 0.3) is 0 Å². The number of unbranched alkanes of at least 4 members (excludes halogenated alkanes) is 3. The summed E-state index contributed by atoms with van der Waals surface area (Å²) in [5.74, 6) is 0.236. The van der Waals surface area contributed by atoms with Gasteiger partial charge in [0.1, 0.15) is 5.82 Å². The third-order valence-corrected chi connectivity index (χ3v) is 2.30. The Balaban J connectivity index is 2.69. The van der Waals surface area contributed by atoms with E-state index in [0.717, 1.165) is 25.7 Å². The fraction of sp³-hybridized carbons (Fsp3) is 0.600. The predicted octanol–water partition coefficient (Wildman–Crippen LogP) is 0.699. The van der Waals surface area contributed by atoms with Crippen LogP contribution >= 0.6 is 0 Å². The summed E-state index contributed by atoms with van der Waals surface area (Å²) in [5.41, 5.74) is 4.72. The predicted molar refractivity (Wildman–Crippen MR) is 59.9 cm³/mol. The van der Waals surface area contributed by atoms with Gasteiger partial charge in [0.05, 0.1) is 0 Å². The highest BCUT2D eigenvalue weighted by Gasteiger charge is 2.01. The molecule has 0 bridgehead atoms. The van der Waals surface area contributed by atoms with Crippen molar-refractivity contribution in [1.29, 1.82) is 0 Å². The van der Waals surface area contributed by atoms with E-state index in [-0.39, 0.29) is 5.82 Å². The number of nitrogens with one attached hydrogen (secondary N) is 1. The Kier molecular flexibility index (Phi) is 4.15. The summed E-state index contributed by atoms with van der Waals surface area (Å²) in [4.78, 5) is 24.4. The molecular weight excluding hydrogens is 194 g/mol. The molecule has 3 N–H and O–H groups in total. The van der Waals surface area contributed by atoms with Gasteiger partial charge in [-0.3, -0.25) is 14.3 Å². The number of H-pyrrole nitrogens is 1. The third kappa shape index (κ3) is 3.27. The third-order valence-electron chi connectivity index (χ3n) is 2.30. The summed E-state index contributed by atoms with van der Waals surface area (Å²) in [6.45, 7) is 2.70. The number of anilines is 1. The zero-order chi connectivity index (χ0) is 11.3. The van der Waals surface area contributed by atoms with Gasteiger partial charge in [-0.15, -0.1) is 0 Å². The monoisotopic (exact) mass is 211 g/mol. The number of nitrogens with zero attached hydrogens (tertiary/aromatic N) is 1. The lowest BCUT2D eigenvalue weighted by molar-refractivity contribution is 0.566. The van der Waals surface area contributed by atoms with Gasteiger partial charge in [-0.05, 0) is 6.42 Å². The molecule has 84 valence electrons. The van der Waals surface area contributed by atoms with Crippen LogP contribution in [0.2, 0.25) is 0 Å². The van der Waals surface area contributed by atoms with E-state index in [1.807, 2.05) is 0 Å². The Labute approximate surface area is 87.9 Å². The molecule has 1 aromatic heterocycles. The van der Waals surface area contributed by atoms with Gasteiger partial charge in [-0.25, -0.2) is 4.79 Å². The van der Waals surface area contributed by atoms with Crippen LogP contribution in [0.1, 0.15) is 32.6 Å². The highest BCUT2D eigenvalue weighted by atomic mass is 16.2. The van der Waals surface area contributed by atoms with Crippen molar-refractivity contribution in [2.24, 2.45) is 0 Å². The number of aromatic amines is 1. The maximum Gasteiger partial charge on any atom is 0.329 e. The van der Waals surface area contributed by atoms with Gasteiger partial charge in [-0.1, -0.05) is 26.2 Å². The smallest absolute Gasteiger partial charge is 0.329 e. The molecule has 0 fully saturated rings. The lowest BCUT2D eigenvalue weighted by atomic mass is 10.2. The van der Waals surface area contributed by atoms with Crippen LogP contribution in [0.3, 0.4) is 0 Å². The number of hydrogen-bond acceptors (Lipinski definition) is 3. The van der Waals surface area contributed by atoms with Crippen LogP contribution in [0.5, 0.6) is 0 Å². The van der Waals surface area contributed by atoms with E-state index in [1.165, 1.54) is 10.6 Å². The highest BCUT2D eigenvalue weighted by molar-refractivity contribution is 5.25. The average Bonchev–Trinajstić information content (AvgIpc) is 2.15. The average molecular weight is 211 g/mol. The molecule has 0 atom stereocenters. The van der Waals surface area contributed by atoms with E-state index in [4.69, 9.17) is 5.73 Å². The minimum atomic E-state index is -0.442. The molecule has 0 aliphatic heterocycles. The molecule has 0 saturated heterocycles. The van der Waals surface area contributed by atoms with E-state index >= 15 is 0 Å². The number of aromatic nitrogens is 2. The lowest BCUT2D eigenvalue weighted by Gasteiger charge is -2.07. The summed E-state index contributed by atoms with van der Waals surface area (Å²) < 4.78 is 1.40. The first-order valence-electron chi connectivity index (χ1n) is 5.24. The fourth-order valence-electron chi connectivity index (χ4n) is 1.47. The maximum atomic E-state index is 11.4. The molecule has 1 rings (SSSR count). The minimum absolute atomic E-state index is 0.236. The molecule has 0 unspecified atom stereocenters. The SMILES string of the molecule is CCCCCCn1c(N)cc(=O)[nH]c1=O. The summed E-state index contributed by atoms with van der Waals surface area (Å²) in [7, 11) is 0. The second kappa shape index (κ2) is 5.38. The topological polar surface area (TPSA) is 80.9 Å². The molecular formula is C10H17N3O2. The molecule has 0 aliphatic carbocycles. The molecule has 0 aromatic carbocycles. The van der Waals surface area contributed by atoms with Crippen LogP contribution in [0.15, 0.2) is 15.7 Å². The van der Waals surface area contributed by atoms with Crippen molar-refractivity contribution in [2.75, 3.05) is 5.73 Å². The quantitative estimate of drug-likeness (QED) is 0.703. The van der Waals surface area contributed by atoms with Gasteiger partial charge in [0.15, 0.2) is 0 Å². The van der Waals surface area contributed by atoms with Crippen molar-refractivity contribution in [2.45, 2.75) is 39.2 Å². The number of nitrogens with two attached hydrogens (primary N) is 1. The van der Waals surface area contributed by atoms with Crippen molar-refractivity contribution in [3.63, 3.8) is 0 Å². The maximum absolute atomic E-state index is 11.4. The molecule has 0 saturated carbocycles. The second-order valence-electron chi connectivity index (χ2n) is 3.58. The Morgan fingerprint density at radius 2 is 2.07 bits per heavy atom. The number of nitrogen functional groups attached to an aromatic ring is 1. The van der Waals surface area contributed by atoms with Crippen LogP contribution in [-0.4, -0.2) is 9.55 Å². The van der Waals surface area contributed by atoms with Crippen molar-refractivity contribution >= 4 is 5.82 Å². The van der Waals surface area contributed by atoms with Gasteiger partial charge in [0, 0.05) is 12.6 Å². The van der Waals surface area contributed by atoms with Crippen LogP contribution < -0.4 is 17.0 Å². The lowest BCUT2D eigenvalue weighted by Crippen LogP contribution is -2.31. The largest absolute Gasteiger partial charge is 0.385 e. The standard InChI is InChI=1S/C10H17N3O2/c1-2-3-4-5-6-13-8(11)7-9(14)12-10(13)15/h7H,2-6,11H2,1H3,(H,12,14,15). The summed E-state index contributed by atoms with van der Waals surface area (Å²) in [6.07, 6.45) is 4.28. The summed E-state index contributed by atoms with van der Waals surface area (Å²) >= 11 is 0. The molecule has 1 heterocycles. The van der Waals surface area contributed by atoms with Crippen LogP contribution in [-0.2, 0) is 6.54 Å². The minimum Gasteiger partial charge on any atom is -0.385 e. The van der Waals surface area contributed by atoms with E-state index in [2.05, 4.69) is 11.9 Å². The molecule has 0 amide bonds. The fourth-order valence-corrected chi connectivity index (χ4v) is 1.47. The van der Waals surface area contributed by atoms with Crippen molar-refractivity contribution in [1.82, 2.24) is 9.55 Å². The molecule has 5 nitrogen and oxygen atoms in total. The molecule has 5 heteroatoms. The van der Waals surface area contributed by atoms with E-state index in [0.29, 0.717) is 6.54 Å². The second-order valence-corrected chi connectivity index (χ2v) is 3.58. The Hall–Kier alpha value is -1.52. The molecule has 15 heavy (non-hydrogen) atoms. The van der Waals surface area contributed by atoms with Gasteiger partial charge in [0.2, 0.25) is 0 Å². The van der Waals surface area contributed by atoms with E-state index in [1.54, 1.807) is 0 Å². The molecule has 0 aliphatic rings. The Morgan fingerprint density at radius 3 is 2.67 bits per heavy atom. The van der Waals surface area contributed by atoms with Gasteiger partial charge in [-0.2, -0.15) is 0 Å². The molecule has 0 spiro atoms. The normalized spacial score (nSPS) is 10.5. The summed E-state index contributed by atoms with van der Waals surface area (Å²) in [5, 5.41) is 0. The Bertz CT molecular complexity index is 419. The van der Waals surface area contributed by atoms with E-state index < -0.39 is 11.2 Å². The van der Waals surface area contributed by atoms with Gasteiger partial charge < -0.3 is 5.73 Å². The molecule has 1 aromatic rings. The zero-order valence-corrected chi connectivity index (χ0v) is 8.95. The zero-order valence-electron chi connectivity index (χ0n) is 8.95. The van der Waals surface area contributed by atoms with E-state index in [9.17, 15) is 9.59 Å². The highest BCUT2D eigenvalue weighted by Crippen LogP contribution is 2.02. The first-order chi connectivity index (χ1) is 7.15. The van der Waals surface area contributed by atoms with Crippen LogP contribution in [0, 0.1) is 0 Å². The van der Waals surface area contributed by atoms with Crippen molar-refractivity contribution in [3.8, 4) is 0 Å².